The molecular formula is C23H27N3O2. The van der Waals surface area contributed by atoms with Crippen molar-refractivity contribution >= 4 is 28.9 Å². The smallest absolute Gasteiger partial charge is 0.240 e. The predicted molar refractivity (Wildman–Crippen MR) is 113 cm³/mol. The third-order valence-corrected chi connectivity index (χ3v) is 6.07. The van der Waals surface area contributed by atoms with Gasteiger partial charge in [0.1, 0.15) is 5.41 Å². The number of nitrogens with one attached hydrogen (secondary N) is 2. The summed E-state index contributed by atoms with van der Waals surface area (Å²) in [5.41, 5.74) is 3.89. The Morgan fingerprint density at radius 1 is 0.893 bits per heavy atom. The van der Waals surface area contributed by atoms with Gasteiger partial charge in [0, 0.05) is 30.2 Å². The van der Waals surface area contributed by atoms with Crippen molar-refractivity contribution in [3.8, 4) is 0 Å². The molecular weight excluding hydrogens is 350 g/mol. The van der Waals surface area contributed by atoms with Crippen LogP contribution in [0.15, 0.2) is 42.5 Å². The highest BCUT2D eigenvalue weighted by atomic mass is 16.2. The van der Waals surface area contributed by atoms with Crippen LogP contribution in [0, 0.1) is 19.3 Å². The highest BCUT2D eigenvalue weighted by Gasteiger charge is 2.56. The van der Waals surface area contributed by atoms with E-state index >= 15 is 0 Å². The average molecular weight is 377 g/mol. The molecule has 1 saturated carbocycles. The highest BCUT2D eigenvalue weighted by Crippen LogP contribution is 2.47. The summed E-state index contributed by atoms with van der Waals surface area (Å²) < 4.78 is 0. The normalized spacial score (nSPS) is 17.3. The second-order valence-electron chi connectivity index (χ2n) is 7.98. The van der Waals surface area contributed by atoms with Crippen molar-refractivity contribution in [2.75, 3.05) is 28.6 Å². The summed E-state index contributed by atoms with van der Waals surface area (Å²) in [6.45, 7) is 6.17. The zero-order chi connectivity index (χ0) is 19.7. The van der Waals surface area contributed by atoms with Crippen LogP contribution in [0.4, 0.5) is 17.1 Å². The monoisotopic (exact) mass is 377 g/mol. The molecule has 28 heavy (non-hydrogen) atoms. The first-order chi connectivity index (χ1) is 13.5. The van der Waals surface area contributed by atoms with Crippen molar-refractivity contribution in [3.05, 3.63) is 53.6 Å². The molecule has 2 amide bonds. The quantitative estimate of drug-likeness (QED) is 0.766. The molecule has 0 aromatic heterocycles. The van der Waals surface area contributed by atoms with E-state index in [9.17, 15) is 9.59 Å². The van der Waals surface area contributed by atoms with E-state index in [4.69, 9.17) is 0 Å². The standard InChI is InChI=1S/C23H27N3O2/c1-16-6-5-7-20(17(16)2)25-22(28)23(12-13-23)21(27)24-18-8-10-19(11-9-18)26-14-3-4-15-26/h5-11H,3-4,12-15H2,1-2H3,(H,24,27)(H,25,28). The summed E-state index contributed by atoms with van der Waals surface area (Å²) in [6.07, 6.45) is 3.63. The van der Waals surface area contributed by atoms with Crippen LogP contribution < -0.4 is 15.5 Å². The first kappa shape index (κ1) is 18.5. The maximum Gasteiger partial charge on any atom is 0.240 e. The summed E-state index contributed by atoms with van der Waals surface area (Å²) in [5.74, 6) is -0.434. The zero-order valence-electron chi connectivity index (χ0n) is 16.5. The number of carbonyl (C=O) groups excluding carboxylic acids is 2. The van der Waals surface area contributed by atoms with Crippen molar-refractivity contribution in [3.63, 3.8) is 0 Å². The van der Waals surface area contributed by atoms with Crippen molar-refractivity contribution in [1.29, 1.82) is 0 Å². The van der Waals surface area contributed by atoms with Crippen molar-refractivity contribution in [1.82, 2.24) is 0 Å². The molecule has 0 bridgehead atoms. The largest absolute Gasteiger partial charge is 0.372 e. The number of aryl methyl sites for hydroxylation is 1. The molecule has 5 nitrogen and oxygen atoms in total. The molecule has 0 unspecified atom stereocenters. The lowest BCUT2D eigenvalue weighted by Gasteiger charge is -2.19. The Hall–Kier alpha value is -2.82. The number of benzene rings is 2. The van der Waals surface area contributed by atoms with Gasteiger partial charge in [-0.2, -0.15) is 0 Å². The zero-order valence-corrected chi connectivity index (χ0v) is 16.5. The van der Waals surface area contributed by atoms with Gasteiger partial charge in [-0.1, -0.05) is 12.1 Å². The minimum atomic E-state index is -0.955. The molecule has 2 aromatic rings. The number of rotatable bonds is 5. The molecule has 0 radical (unpaired) electrons. The molecule has 1 saturated heterocycles. The third kappa shape index (κ3) is 3.49. The topological polar surface area (TPSA) is 61.4 Å². The van der Waals surface area contributed by atoms with Crippen LogP contribution in [0.3, 0.4) is 0 Å². The van der Waals surface area contributed by atoms with Crippen molar-refractivity contribution < 1.29 is 9.59 Å². The molecule has 2 N–H and O–H groups in total. The lowest BCUT2D eigenvalue weighted by molar-refractivity contribution is -0.131. The number of nitrogens with zero attached hydrogens (tertiary/aromatic N) is 1. The van der Waals surface area contributed by atoms with Crippen molar-refractivity contribution in [2.24, 2.45) is 5.41 Å². The van der Waals surface area contributed by atoms with Gasteiger partial charge in [0.25, 0.3) is 0 Å². The second-order valence-corrected chi connectivity index (χ2v) is 7.98. The Morgan fingerprint density at radius 2 is 1.54 bits per heavy atom. The molecule has 2 aromatic carbocycles. The summed E-state index contributed by atoms with van der Waals surface area (Å²) in [4.78, 5) is 28.0. The van der Waals surface area contributed by atoms with E-state index in [1.54, 1.807) is 0 Å². The van der Waals surface area contributed by atoms with E-state index in [-0.39, 0.29) is 11.8 Å². The van der Waals surface area contributed by atoms with E-state index < -0.39 is 5.41 Å². The number of hydrogen-bond donors (Lipinski definition) is 2. The summed E-state index contributed by atoms with van der Waals surface area (Å²) >= 11 is 0. The molecule has 1 aliphatic carbocycles. The van der Waals surface area contributed by atoms with Crippen LogP contribution in [-0.2, 0) is 9.59 Å². The van der Waals surface area contributed by atoms with Crippen LogP contribution in [0.1, 0.15) is 36.8 Å². The lowest BCUT2D eigenvalue weighted by atomic mass is 10.0. The Bertz CT molecular complexity index is 895. The Kier molecular flexibility index (Phi) is 4.84. The fraction of sp³-hybridized carbons (Fsp3) is 0.391. The van der Waals surface area contributed by atoms with E-state index in [1.807, 2.05) is 56.3 Å². The molecule has 1 aliphatic heterocycles. The third-order valence-electron chi connectivity index (χ3n) is 6.07. The van der Waals surface area contributed by atoms with Gasteiger partial charge in [0.15, 0.2) is 0 Å². The molecule has 0 atom stereocenters. The lowest BCUT2D eigenvalue weighted by Crippen LogP contribution is -2.35. The van der Waals surface area contributed by atoms with Gasteiger partial charge >= 0.3 is 0 Å². The Labute approximate surface area is 166 Å². The van der Waals surface area contributed by atoms with Gasteiger partial charge in [-0.3, -0.25) is 9.59 Å². The molecule has 0 spiro atoms. The first-order valence-corrected chi connectivity index (χ1v) is 10.0. The number of carbonyl (C=O) groups is 2. The van der Waals surface area contributed by atoms with Gasteiger partial charge in [0.2, 0.25) is 11.8 Å². The van der Waals surface area contributed by atoms with E-state index in [0.29, 0.717) is 12.8 Å². The van der Waals surface area contributed by atoms with Gasteiger partial charge in [0.05, 0.1) is 0 Å². The molecule has 2 aliphatic rings. The maximum atomic E-state index is 12.8. The fourth-order valence-corrected chi connectivity index (χ4v) is 3.79. The van der Waals surface area contributed by atoms with Crippen LogP contribution in [0.5, 0.6) is 0 Å². The van der Waals surface area contributed by atoms with E-state index in [1.165, 1.54) is 18.5 Å². The van der Waals surface area contributed by atoms with Crippen LogP contribution in [-0.4, -0.2) is 24.9 Å². The summed E-state index contributed by atoms with van der Waals surface area (Å²) in [7, 11) is 0. The minimum Gasteiger partial charge on any atom is -0.372 e. The summed E-state index contributed by atoms with van der Waals surface area (Å²) in [5, 5.41) is 5.90. The van der Waals surface area contributed by atoms with Crippen LogP contribution >= 0.6 is 0 Å². The Morgan fingerprint density at radius 3 is 2.18 bits per heavy atom. The van der Waals surface area contributed by atoms with Gasteiger partial charge < -0.3 is 15.5 Å². The minimum absolute atomic E-state index is 0.215. The molecule has 2 fully saturated rings. The Balaban J connectivity index is 1.42. The SMILES string of the molecule is Cc1cccc(NC(=O)C2(C(=O)Nc3ccc(N4CCCC4)cc3)CC2)c1C. The predicted octanol–water partition coefficient (Wildman–Crippen LogP) is 4.26. The molecule has 4 rings (SSSR count). The molecule has 1 heterocycles. The highest BCUT2D eigenvalue weighted by molar-refractivity contribution is 6.17. The van der Waals surface area contributed by atoms with Crippen LogP contribution in [0.25, 0.3) is 0 Å². The van der Waals surface area contributed by atoms with Gasteiger partial charge in [-0.15, -0.1) is 0 Å². The fourth-order valence-electron chi connectivity index (χ4n) is 3.79. The van der Waals surface area contributed by atoms with E-state index in [0.717, 1.165) is 35.6 Å². The van der Waals surface area contributed by atoms with Gasteiger partial charge in [-0.05, 0) is 81.0 Å². The first-order valence-electron chi connectivity index (χ1n) is 10.0. The maximum absolute atomic E-state index is 12.8. The van der Waals surface area contributed by atoms with Crippen molar-refractivity contribution in [2.45, 2.75) is 39.5 Å². The van der Waals surface area contributed by atoms with Gasteiger partial charge in [-0.25, -0.2) is 0 Å². The van der Waals surface area contributed by atoms with E-state index in [2.05, 4.69) is 15.5 Å². The number of amides is 2. The molecule has 146 valence electrons. The number of anilines is 3. The summed E-state index contributed by atoms with van der Waals surface area (Å²) in [6, 6.07) is 13.7. The second kappa shape index (κ2) is 7.30. The van der Waals surface area contributed by atoms with Crippen LogP contribution in [0.2, 0.25) is 0 Å². The molecule has 5 heteroatoms. The number of hydrogen-bond acceptors (Lipinski definition) is 3. The average Bonchev–Trinajstić information content (AvgIpc) is 3.34.